The fourth-order valence-corrected chi connectivity index (χ4v) is 7.06. The fraction of sp³-hybridized carbons (Fsp3) is 0.148. The summed E-state index contributed by atoms with van der Waals surface area (Å²) in [4.78, 5) is 0. The molecule has 0 aliphatic heterocycles. The predicted octanol–water partition coefficient (Wildman–Crippen LogP) is 1.39. The largest absolute Gasteiger partial charge is 1.00 e. The minimum Gasteiger partial charge on any atom is -1.00 e. The quantitative estimate of drug-likeness (QED) is 0.497. The Labute approximate surface area is 204 Å². The molecule has 0 saturated carbocycles. The van der Waals surface area contributed by atoms with Gasteiger partial charge >= 0.3 is 181 Å². The van der Waals surface area contributed by atoms with E-state index in [1.807, 2.05) is 0 Å². The second-order valence-corrected chi connectivity index (χ2v) is 11.5. The molecular weight excluding hydrogens is 459 g/mol. The molecule has 0 amide bonds. The van der Waals surface area contributed by atoms with E-state index in [1.54, 1.807) is 0 Å². The summed E-state index contributed by atoms with van der Waals surface area (Å²) < 4.78 is 9.87. The van der Waals surface area contributed by atoms with E-state index in [4.69, 9.17) is 3.32 Å². The van der Waals surface area contributed by atoms with E-state index in [9.17, 15) is 0 Å². The van der Waals surface area contributed by atoms with Crippen molar-refractivity contribution in [3.63, 3.8) is 0 Å². The molecule has 0 aromatic heterocycles. The van der Waals surface area contributed by atoms with E-state index in [1.165, 1.54) is 35.5 Å². The summed E-state index contributed by atoms with van der Waals surface area (Å²) in [6.07, 6.45) is 5.54. The first-order valence-corrected chi connectivity index (χ1v) is 12.3. The molecular formula is C27H26Cl2OTi. The SMILES string of the molecule is CC1=[C]([Ti+2]([O]c2cccc(-c3ccccc3)c2-c2ccccc2)=[C](C)C)CC=C1.[Cl-].[Cl-]. The summed E-state index contributed by atoms with van der Waals surface area (Å²) in [6, 6.07) is 27.7. The number of allylic oxidation sites excluding steroid dienone is 4. The Morgan fingerprint density at radius 1 is 0.774 bits per heavy atom. The number of rotatable bonds is 5. The number of hydrogen-bond acceptors (Lipinski definition) is 1. The van der Waals surface area contributed by atoms with E-state index in [-0.39, 0.29) is 24.8 Å². The van der Waals surface area contributed by atoms with Gasteiger partial charge in [-0.2, -0.15) is 0 Å². The molecule has 0 fully saturated rings. The maximum Gasteiger partial charge on any atom is -1.00 e. The van der Waals surface area contributed by atoms with Gasteiger partial charge in [-0.05, 0) is 0 Å². The summed E-state index contributed by atoms with van der Waals surface area (Å²) in [5.74, 6) is 1.00. The van der Waals surface area contributed by atoms with Crippen LogP contribution < -0.4 is 28.1 Å². The first-order valence-electron chi connectivity index (χ1n) is 10.1. The average Bonchev–Trinajstić information content (AvgIpc) is 3.18. The van der Waals surface area contributed by atoms with Crippen LogP contribution in [0, 0.1) is 0 Å². The Hall–Kier alpha value is -1.90. The van der Waals surface area contributed by atoms with Crippen LogP contribution in [0.15, 0.2) is 100 Å². The van der Waals surface area contributed by atoms with Gasteiger partial charge < -0.3 is 24.8 Å². The van der Waals surface area contributed by atoms with Crippen LogP contribution in [0.25, 0.3) is 22.3 Å². The number of benzene rings is 3. The third kappa shape index (κ3) is 5.67. The third-order valence-electron chi connectivity index (χ3n) is 5.28. The van der Waals surface area contributed by atoms with Gasteiger partial charge in [0.25, 0.3) is 0 Å². The number of hydrogen-bond donors (Lipinski definition) is 0. The van der Waals surface area contributed by atoms with Crippen LogP contribution >= 0.6 is 0 Å². The van der Waals surface area contributed by atoms with Crippen molar-refractivity contribution < 1.29 is 45.9 Å². The molecule has 4 heteroatoms. The van der Waals surface area contributed by atoms with Crippen molar-refractivity contribution in [3.8, 4) is 28.0 Å². The molecule has 0 saturated heterocycles. The monoisotopic (exact) mass is 484 g/mol. The molecule has 4 rings (SSSR count). The van der Waals surface area contributed by atoms with Crippen molar-refractivity contribution in [2.45, 2.75) is 27.2 Å². The van der Waals surface area contributed by atoms with E-state index >= 15 is 0 Å². The molecule has 3 aromatic carbocycles. The Morgan fingerprint density at radius 2 is 1.39 bits per heavy atom. The van der Waals surface area contributed by atoms with Gasteiger partial charge in [0, 0.05) is 0 Å². The van der Waals surface area contributed by atoms with Crippen LogP contribution in [0.2, 0.25) is 0 Å². The fourth-order valence-electron chi connectivity index (χ4n) is 3.84. The maximum absolute atomic E-state index is 6.91. The summed E-state index contributed by atoms with van der Waals surface area (Å²) >= 11 is -2.01. The van der Waals surface area contributed by atoms with Crippen molar-refractivity contribution in [1.29, 1.82) is 0 Å². The van der Waals surface area contributed by atoms with Gasteiger partial charge in [0.05, 0.1) is 0 Å². The molecule has 0 atom stereocenters. The van der Waals surface area contributed by atoms with Gasteiger partial charge in [0.15, 0.2) is 0 Å². The summed E-state index contributed by atoms with van der Waals surface area (Å²) in [6.45, 7) is 6.69. The molecule has 31 heavy (non-hydrogen) atoms. The Kier molecular flexibility index (Phi) is 9.53. The molecule has 0 spiro atoms. The van der Waals surface area contributed by atoms with Crippen molar-refractivity contribution in [2.75, 3.05) is 0 Å². The van der Waals surface area contributed by atoms with Gasteiger partial charge in [0.2, 0.25) is 0 Å². The zero-order valence-electron chi connectivity index (χ0n) is 18.0. The topological polar surface area (TPSA) is 9.23 Å². The molecule has 0 heterocycles. The minimum atomic E-state index is -2.01. The molecule has 0 bridgehead atoms. The molecule has 1 aliphatic rings. The van der Waals surface area contributed by atoms with Gasteiger partial charge in [-0.25, -0.2) is 0 Å². The predicted molar refractivity (Wildman–Crippen MR) is 121 cm³/mol. The molecule has 158 valence electrons. The maximum atomic E-state index is 6.91. The van der Waals surface area contributed by atoms with Crippen molar-refractivity contribution >= 4 is 3.81 Å². The van der Waals surface area contributed by atoms with E-state index in [0.717, 1.165) is 12.2 Å². The molecule has 1 aliphatic carbocycles. The molecule has 0 radical (unpaired) electrons. The van der Waals surface area contributed by atoms with Gasteiger partial charge in [-0.15, -0.1) is 0 Å². The van der Waals surface area contributed by atoms with Crippen LogP contribution in [0.5, 0.6) is 5.75 Å². The van der Waals surface area contributed by atoms with Crippen LogP contribution in [-0.2, 0) is 17.8 Å². The number of halogens is 2. The second-order valence-electron chi connectivity index (χ2n) is 7.61. The molecule has 3 aromatic rings. The summed E-state index contributed by atoms with van der Waals surface area (Å²) in [7, 11) is 0. The van der Waals surface area contributed by atoms with Crippen LogP contribution in [-0.4, -0.2) is 3.81 Å². The van der Waals surface area contributed by atoms with Crippen LogP contribution in [0.1, 0.15) is 27.2 Å². The average molecular weight is 485 g/mol. The van der Waals surface area contributed by atoms with Crippen LogP contribution in [0.3, 0.4) is 0 Å². The van der Waals surface area contributed by atoms with Crippen molar-refractivity contribution in [1.82, 2.24) is 0 Å². The minimum absolute atomic E-state index is 0. The van der Waals surface area contributed by atoms with E-state index in [0.29, 0.717) is 0 Å². The molecule has 0 unspecified atom stereocenters. The zero-order valence-corrected chi connectivity index (χ0v) is 21.1. The zero-order chi connectivity index (χ0) is 20.2. The Balaban J connectivity index is 0.00000171. The first-order chi connectivity index (χ1) is 14.1. The molecule has 0 N–H and O–H groups in total. The van der Waals surface area contributed by atoms with Gasteiger partial charge in [-0.3, -0.25) is 0 Å². The smallest absolute Gasteiger partial charge is 1.00 e. The third-order valence-corrected chi connectivity index (χ3v) is 9.15. The Bertz CT molecular complexity index is 1110. The van der Waals surface area contributed by atoms with Crippen molar-refractivity contribution in [2.24, 2.45) is 0 Å². The first kappa shape index (κ1) is 25.4. The van der Waals surface area contributed by atoms with Crippen LogP contribution in [0.4, 0.5) is 0 Å². The summed E-state index contributed by atoms with van der Waals surface area (Å²) in [5.41, 5.74) is 6.21. The summed E-state index contributed by atoms with van der Waals surface area (Å²) in [5, 5.41) is 0. The van der Waals surface area contributed by atoms with Gasteiger partial charge in [0.1, 0.15) is 0 Å². The van der Waals surface area contributed by atoms with Gasteiger partial charge in [-0.1, -0.05) is 0 Å². The van der Waals surface area contributed by atoms with Crippen molar-refractivity contribution in [3.05, 3.63) is 100 Å². The molecule has 1 nitrogen and oxygen atoms in total. The normalized spacial score (nSPS) is 11.8. The standard InChI is InChI=1S/C18H14O.C6H7.C3H6.2ClH.Ti/c19-17-13-7-12-16(14-8-3-1-4-9-14)18(17)15-10-5-2-6-11-15;1-6-4-2-3-5-6;1-3-2;;;/h1-13,19H;2,4H,3H2,1H3;1-2H3;2*1H;/q;;;;;+3/p-3. The Morgan fingerprint density at radius 3 is 1.94 bits per heavy atom. The second kappa shape index (κ2) is 11.6. The van der Waals surface area contributed by atoms with E-state index < -0.39 is 17.8 Å². The van der Waals surface area contributed by atoms with E-state index in [2.05, 4.69) is 112 Å².